The fraction of sp³-hybridized carbons (Fsp3) is 0.688. The maximum Gasteiger partial charge on any atom is 0.343 e. The fourth-order valence-corrected chi connectivity index (χ4v) is 3.92. The molecule has 1 aromatic heterocycles. The van der Waals surface area contributed by atoms with E-state index in [1.165, 1.54) is 24.6 Å². The lowest BCUT2D eigenvalue weighted by Crippen LogP contribution is -2.50. The average Bonchev–Trinajstić information content (AvgIpc) is 2.54. The van der Waals surface area contributed by atoms with Crippen molar-refractivity contribution < 1.29 is 9.53 Å². The molecule has 2 fully saturated rings. The number of aromatic nitrogens is 2. The number of carbonyl (C=O) groups excluding carboxylic acids is 1. The number of nitrogens with zero attached hydrogens (tertiary/aromatic N) is 2. The number of carbonyl (C=O) groups is 1. The third-order valence-corrected chi connectivity index (χ3v) is 5.37. The van der Waals surface area contributed by atoms with Crippen molar-refractivity contribution in [1.82, 2.24) is 15.3 Å². The Bertz CT molecular complexity index is 567. The van der Waals surface area contributed by atoms with Gasteiger partial charge in [-0.2, -0.15) is 0 Å². The summed E-state index contributed by atoms with van der Waals surface area (Å²) in [7, 11) is 0. The molecule has 1 aliphatic heterocycles. The van der Waals surface area contributed by atoms with Gasteiger partial charge in [-0.15, -0.1) is 0 Å². The van der Waals surface area contributed by atoms with E-state index in [4.69, 9.17) is 4.74 Å². The van der Waals surface area contributed by atoms with Crippen molar-refractivity contribution in [1.29, 1.82) is 0 Å². The third kappa shape index (κ3) is 3.61. The first kappa shape index (κ1) is 16.5. The van der Waals surface area contributed by atoms with Crippen LogP contribution in [-0.2, 0) is 4.74 Å². The van der Waals surface area contributed by atoms with E-state index in [2.05, 4.69) is 20.6 Å². The zero-order valence-electron chi connectivity index (χ0n) is 13.7. The Hall–Kier alpha value is -1.34. The Balaban J connectivity index is 1.70. The van der Waals surface area contributed by atoms with E-state index in [1.807, 2.05) is 6.26 Å². The van der Waals surface area contributed by atoms with Crippen LogP contribution in [0.1, 0.15) is 43.0 Å². The van der Waals surface area contributed by atoms with Crippen molar-refractivity contribution in [2.24, 2.45) is 5.41 Å². The number of thioether (sulfide) groups is 1. The third-order valence-electron chi connectivity index (χ3n) is 4.81. The molecule has 0 bridgehead atoms. The maximum atomic E-state index is 12.1. The van der Waals surface area contributed by atoms with Crippen molar-refractivity contribution in [3.63, 3.8) is 0 Å². The van der Waals surface area contributed by atoms with Gasteiger partial charge in [0.2, 0.25) is 0 Å². The SMILES string of the molecule is CCOC(=O)c1cnc(SC)nc1NC1CC2(CCNCC2)C1. The highest BCUT2D eigenvalue weighted by Crippen LogP contribution is 2.48. The van der Waals surface area contributed by atoms with Gasteiger partial charge in [0.15, 0.2) is 5.16 Å². The van der Waals surface area contributed by atoms with Gasteiger partial charge >= 0.3 is 5.97 Å². The summed E-state index contributed by atoms with van der Waals surface area (Å²) < 4.78 is 5.11. The summed E-state index contributed by atoms with van der Waals surface area (Å²) in [4.78, 5) is 20.8. The van der Waals surface area contributed by atoms with Gasteiger partial charge in [-0.3, -0.25) is 0 Å². The molecule has 0 aromatic carbocycles. The first-order chi connectivity index (χ1) is 11.2. The molecule has 7 heteroatoms. The fourth-order valence-electron chi connectivity index (χ4n) is 3.58. The summed E-state index contributed by atoms with van der Waals surface area (Å²) in [5.41, 5.74) is 0.915. The molecular formula is C16H24N4O2S. The van der Waals surface area contributed by atoms with Crippen LogP contribution >= 0.6 is 11.8 Å². The molecule has 2 aliphatic rings. The van der Waals surface area contributed by atoms with Gasteiger partial charge in [-0.05, 0) is 57.4 Å². The quantitative estimate of drug-likeness (QED) is 0.485. The summed E-state index contributed by atoms with van der Waals surface area (Å²) >= 11 is 1.47. The molecule has 0 unspecified atom stereocenters. The van der Waals surface area contributed by atoms with Crippen LogP contribution in [0.15, 0.2) is 11.4 Å². The van der Waals surface area contributed by atoms with E-state index in [0.29, 0.717) is 34.6 Å². The number of piperidine rings is 1. The second-order valence-corrected chi connectivity index (χ2v) is 7.11. The Morgan fingerprint density at radius 3 is 2.87 bits per heavy atom. The molecule has 6 nitrogen and oxygen atoms in total. The van der Waals surface area contributed by atoms with Crippen LogP contribution in [0, 0.1) is 5.41 Å². The lowest BCUT2D eigenvalue weighted by Gasteiger charge is -2.50. The highest BCUT2D eigenvalue weighted by molar-refractivity contribution is 7.98. The topological polar surface area (TPSA) is 76.1 Å². The van der Waals surface area contributed by atoms with E-state index in [0.717, 1.165) is 25.9 Å². The number of esters is 1. The molecule has 2 heterocycles. The molecule has 2 N–H and O–H groups in total. The summed E-state index contributed by atoms with van der Waals surface area (Å²) in [6.45, 7) is 4.38. The van der Waals surface area contributed by atoms with Gasteiger partial charge in [0, 0.05) is 12.2 Å². The van der Waals surface area contributed by atoms with Crippen LogP contribution in [0.5, 0.6) is 0 Å². The Kier molecular flexibility index (Phi) is 5.06. The first-order valence-corrected chi connectivity index (χ1v) is 9.44. The lowest BCUT2D eigenvalue weighted by molar-refractivity contribution is 0.0525. The lowest BCUT2D eigenvalue weighted by atomic mass is 9.60. The number of hydrogen-bond acceptors (Lipinski definition) is 7. The number of nitrogens with one attached hydrogen (secondary N) is 2. The second-order valence-electron chi connectivity index (χ2n) is 6.34. The Morgan fingerprint density at radius 1 is 1.48 bits per heavy atom. The number of anilines is 1. The number of ether oxygens (including phenoxy) is 1. The van der Waals surface area contributed by atoms with Gasteiger partial charge in [0.25, 0.3) is 0 Å². The average molecular weight is 336 g/mol. The van der Waals surface area contributed by atoms with Crippen molar-refractivity contribution in [3.05, 3.63) is 11.8 Å². The van der Waals surface area contributed by atoms with Crippen molar-refractivity contribution in [3.8, 4) is 0 Å². The number of hydrogen-bond donors (Lipinski definition) is 2. The van der Waals surface area contributed by atoms with Gasteiger partial charge in [0.1, 0.15) is 11.4 Å². The van der Waals surface area contributed by atoms with Crippen molar-refractivity contribution in [2.45, 2.75) is 43.8 Å². The minimum Gasteiger partial charge on any atom is -0.462 e. The molecular weight excluding hydrogens is 312 g/mol. The van der Waals surface area contributed by atoms with Gasteiger partial charge in [-0.25, -0.2) is 14.8 Å². The molecule has 1 saturated carbocycles. The highest BCUT2D eigenvalue weighted by atomic mass is 32.2. The van der Waals surface area contributed by atoms with Crippen molar-refractivity contribution >= 4 is 23.5 Å². The smallest absolute Gasteiger partial charge is 0.343 e. The van der Waals surface area contributed by atoms with Crippen LogP contribution in [0.4, 0.5) is 5.82 Å². The van der Waals surface area contributed by atoms with Crippen LogP contribution in [-0.4, -0.2) is 47.9 Å². The summed E-state index contributed by atoms with van der Waals surface area (Å²) in [6.07, 6.45) is 8.28. The molecule has 1 spiro atoms. The van der Waals surface area contributed by atoms with E-state index < -0.39 is 0 Å². The molecule has 126 valence electrons. The van der Waals surface area contributed by atoms with Gasteiger partial charge in [0.05, 0.1) is 6.61 Å². The molecule has 1 aromatic rings. The first-order valence-electron chi connectivity index (χ1n) is 8.21. The summed E-state index contributed by atoms with van der Waals surface area (Å²) in [5.74, 6) is 0.246. The molecule has 1 saturated heterocycles. The minimum absolute atomic E-state index is 0.349. The molecule has 1 aliphatic carbocycles. The molecule has 23 heavy (non-hydrogen) atoms. The summed E-state index contributed by atoms with van der Waals surface area (Å²) in [6, 6.07) is 0.380. The molecule has 0 amide bonds. The maximum absolute atomic E-state index is 12.1. The van der Waals surface area contributed by atoms with Crippen LogP contribution in [0.3, 0.4) is 0 Å². The predicted molar refractivity (Wildman–Crippen MR) is 91.0 cm³/mol. The Morgan fingerprint density at radius 2 is 2.22 bits per heavy atom. The van der Waals surface area contributed by atoms with E-state index in [1.54, 1.807) is 13.1 Å². The largest absolute Gasteiger partial charge is 0.462 e. The monoisotopic (exact) mass is 336 g/mol. The van der Waals surface area contributed by atoms with E-state index in [-0.39, 0.29) is 5.97 Å². The molecule has 0 atom stereocenters. The zero-order valence-corrected chi connectivity index (χ0v) is 14.5. The van der Waals surface area contributed by atoms with Gasteiger partial charge in [-0.1, -0.05) is 11.8 Å². The second kappa shape index (κ2) is 7.05. The van der Waals surface area contributed by atoms with E-state index in [9.17, 15) is 4.79 Å². The molecule has 3 rings (SSSR count). The van der Waals surface area contributed by atoms with E-state index >= 15 is 0 Å². The minimum atomic E-state index is -0.362. The van der Waals surface area contributed by atoms with Gasteiger partial charge < -0.3 is 15.4 Å². The Labute approximate surface area is 141 Å². The zero-order chi connectivity index (χ0) is 16.3. The predicted octanol–water partition coefficient (Wildman–Crippen LogP) is 2.32. The summed E-state index contributed by atoms with van der Waals surface area (Å²) in [5, 5.41) is 7.53. The normalized spacial score (nSPS) is 20.1. The van der Waals surface area contributed by atoms with Crippen LogP contribution < -0.4 is 10.6 Å². The van der Waals surface area contributed by atoms with Crippen molar-refractivity contribution in [2.75, 3.05) is 31.3 Å². The van der Waals surface area contributed by atoms with Crippen LogP contribution in [0.2, 0.25) is 0 Å². The number of rotatable bonds is 5. The van der Waals surface area contributed by atoms with Crippen LogP contribution in [0.25, 0.3) is 0 Å². The highest BCUT2D eigenvalue weighted by Gasteiger charge is 2.44. The molecule has 0 radical (unpaired) electrons. The standard InChI is InChI=1S/C16H24N4O2S/c1-3-22-14(21)12-10-18-15(23-2)20-13(12)19-11-8-16(9-11)4-6-17-7-5-16/h10-11,17H,3-9H2,1-2H3,(H,18,19,20).